The summed E-state index contributed by atoms with van der Waals surface area (Å²) in [6, 6.07) is 9.39. The molecule has 1 unspecified atom stereocenters. The Bertz CT molecular complexity index is 857. The van der Waals surface area contributed by atoms with Gasteiger partial charge in [-0.1, -0.05) is 17.7 Å². The van der Waals surface area contributed by atoms with Crippen LogP contribution in [0.4, 0.5) is 4.39 Å². The molecule has 3 rings (SSSR count). The maximum absolute atomic E-state index is 13.0. The minimum Gasteiger partial charge on any atom is -0.493 e. The van der Waals surface area contributed by atoms with Crippen LogP contribution in [0, 0.1) is 5.82 Å². The molecule has 2 aromatic carbocycles. The van der Waals surface area contributed by atoms with E-state index in [2.05, 4.69) is 5.32 Å². The lowest BCUT2D eigenvalue weighted by atomic mass is 10.2. The van der Waals surface area contributed by atoms with Gasteiger partial charge in [0, 0.05) is 13.2 Å². The summed E-state index contributed by atoms with van der Waals surface area (Å²) >= 11 is 5.89. The molecule has 0 aromatic heterocycles. The first-order valence-electron chi connectivity index (χ1n) is 9.81. The molecule has 1 saturated heterocycles. The number of hydrogen-bond acceptors (Lipinski definition) is 5. The SMILES string of the molecule is COc1cc(CNC(=O)CCOc2ccc(F)cc2Cl)ccc1OCC1CCCO1. The quantitative estimate of drug-likeness (QED) is 0.605. The zero-order chi connectivity index (χ0) is 21.3. The van der Waals surface area contributed by atoms with Crippen LogP contribution in [0.1, 0.15) is 24.8 Å². The van der Waals surface area contributed by atoms with Crippen LogP contribution in [0.2, 0.25) is 5.02 Å². The molecule has 30 heavy (non-hydrogen) atoms. The van der Waals surface area contributed by atoms with E-state index in [9.17, 15) is 9.18 Å². The Morgan fingerprint density at radius 3 is 2.77 bits per heavy atom. The molecule has 1 N–H and O–H groups in total. The minimum atomic E-state index is -0.441. The lowest BCUT2D eigenvalue weighted by molar-refractivity contribution is -0.121. The molecule has 6 nitrogen and oxygen atoms in total. The third kappa shape index (κ3) is 6.50. The highest BCUT2D eigenvalue weighted by Crippen LogP contribution is 2.29. The van der Waals surface area contributed by atoms with Gasteiger partial charge in [-0.15, -0.1) is 0 Å². The number of methoxy groups -OCH3 is 1. The fourth-order valence-electron chi connectivity index (χ4n) is 3.03. The predicted octanol–water partition coefficient (Wildman–Crippen LogP) is 4.13. The molecule has 1 aliphatic rings. The number of halogens is 2. The van der Waals surface area contributed by atoms with Crippen LogP contribution in [-0.2, 0) is 16.1 Å². The monoisotopic (exact) mass is 437 g/mol. The van der Waals surface area contributed by atoms with Crippen molar-refractivity contribution in [2.24, 2.45) is 0 Å². The van der Waals surface area contributed by atoms with Crippen molar-refractivity contribution in [2.45, 2.75) is 31.9 Å². The maximum Gasteiger partial charge on any atom is 0.223 e. The van der Waals surface area contributed by atoms with Crippen molar-refractivity contribution in [3.8, 4) is 17.2 Å². The van der Waals surface area contributed by atoms with Gasteiger partial charge in [0.15, 0.2) is 11.5 Å². The first-order chi connectivity index (χ1) is 14.5. The second-order valence-corrected chi connectivity index (χ2v) is 7.29. The molecule has 0 radical (unpaired) electrons. The normalized spacial score (nSPS) is 15.6. The Balaban J connectivity index is 1.43. The number of amides is 1. The first-order valence-corrected chi connectivity index (χ1v) is 10.2. The molecule has 1 atom stereocenters. The van der Waals surface area contributed by atoms with Gasteiger partial charge in [-0.3, -0.25) is 4.79 Å². The molecule has 1 fully saturated rings. The van der Waals surface area contributed by atoms with Gasteiger partial charge >= 0.3 is 0 Å². The largest absolute Gasteiger partial charge is 0.493 e. The lowest BCUT2D eigenvalue weighted by Crippen LogP contribution is -2.24. The summed E-state index contributed by atoms with van der Waals surface area (Å²) in [5.41, 5.74) is 0.882. The molecular weight excluding hydrogens is 413 g/mol. The number of carbonyl (C=O) groups excluding carboxylic acids is 1. The van der Waals surface area contributed by atoms with E-state index in [-0.39, 0.29) is 30.1 Å². The van der Waals surface area contributed by atoms with Crippen molar-refractivity contribution in [3.63, 3.8) is 0 Å². The number of hydrogen-bond donors (Lipinski definition) is 1. The number of ether oxygens (including phenoxy) is 4. The Morgan fingerprint density at radius 2 is 2.03 bits per heavy atom. The Kier molecular flexibility index (Phi) is 8.16. The molecule has 1 amide bonds. The summed E-state index contributed by atoms with van der Waals surface area (Å²) < 4.78 is 35.2. The van der Waals surface area contributed by atoms with Crippen molar-refractivity contribution in [3.05, 3.63) is 52.8 Å². The predicted molar refractivity (Wildman–Crippen MR) is 111 cm³/mol. The van der Waals surface area contributed by atoms with Crippen LogP contribution in [-0.4, -0.2) is 38.9 Å². The molecule has 0 saturated carbocycles. The number of rotatable bonds is 10. The third-order valence-corrected chi connectivity index (χ3v) is 4.94. The van der Waals surface area contributed by atoms with E-state index in [1.54, 1.807) is 7.11 Å². The zero-order valence-electron chi connectivity index (χ0n) is 16.8. The topological polar surface area (TPSA) is 66.0 Å². The number of carbonyl (C=O) groups is 1. The van der Waals surface area contributed by atoms with Gasteiger partial charge in [0.2, 0.25) is 5.91 Å². The van der Waals surface area contributed by atoms with E-state index >= 15 is 0 Å². The molecule has 162 valence electrons. The van der Waals surface area contributed by atoms with E-state index in [4.69, 9.17) is 30.5 Å². The Labute approximate surface area is 180 Å². The molecular formula is C22H25ClFNO5. The van der Waals surface area contributed by atoms with Crippen molar-refractivity contribution < 1.29 is 28.1 Å². The number of benzene rings is 2. The van der Waals surface area contributed by atoms with Gasteiger partial charge in [0.05, 0.1) is 31.3 Å². The van der Waals surface area contributed by atoms with Crippen molar-refractivity contribution >= 4 is 17.5 Å². The second kappa shape index (κ2) is 11.0. The zero-order valence-corrected chi connectivity index (χ0v) is 17.5. The van der Waals surface area contributed by atoms with Gasteiger partial charge in [0.25, 0.3) is 0 Å². The summed E-state index contributed by atoms with van der Waals surface area (Å²) in [5.74, 6) is 0.977. The summed E-state index contributed by atoms with van der Waals surface area (Å²) in [6.07, 6.45) is 2.34. The Hall–Kier alpha value is -2.51. The van der Waals surface area contributed by atoms with Crippen LogP contribution in [0.25, 0.3) is 0 Å². The molecule has 0 bridgehead atoms. The summed E-state index contributed by atoms with van der Waals surface area (Å²) in [6.45, 7) is 1.76. The minimum absolute atomic E-state index is 0.126. The highest BCUT2D eigenvalue weighted by molar-refractivity contribution is 6.32. The molecule has 0 spiro atoms. The summed E-state index contributed by atoms with van der Waals surface area (Å²) in [4.78, 5) is 12.1. The molecule has 1 aliphatic heterocycles. The first kappa shape index (κ1) is 22.2. The molecule has 1 heterocycles. The molecule has 8 heteroatoms. The van der Waals surface area contributed by atoms with E-state index in [1.807, 2.05) is 18.2 Å². The summed E-state index contributed by atoms with van der Waals surface area (Å²) in [5, 5.41) is 3.00. The number of nitrogens with one attached hydrogen (secondary N) is 1. The van der Waals surface area contributed by atoms with E-state index in [0.717, 1.165) is 25.0 Å². The van der Waals surface area contributed by atoms with Gasteiger partial charge in [-0.25, -0.2) is 4.39 Å². The standard InChI is InChI=1S/C22H25ClFNO5/c1-27-21-11-15(4-6-20(21)30-14-17-3-2-9-28-17)13-25-22(26)8-10-29-19-7-5-16(24)12-18(19)23/h4-7,11-12,17H,2-3,8-10,13-14H2,1H3,(H,25,26). The van der Waals surface area contributed by atoms with Crippen LogP contribution >= 0.6 is 11.6 Å². The molecule has 0 aliphatic carbocycles. The van der Waals surface area contributed by atoms with Gasteiger partial charge in [-0.05, 0) is 48.7 Å². The second-order valence-electron chi connectivity index (χ2n) is 6.88. The van der Waals surface area contributed by atoms with E-state index in [1.165, 1.54) is 18.2 Å². The van der Waals surface area contributed by atoms with Crippen molar-refractivity contribution in [1.29, 1.82) is 0 Å². The van der Waals surface area contributed by atoms with Gasteiger partial charge < -0.3 is 24.3 Å². The fraction of sp³-hybridized carbons (Fsp3) is 0.409. The van der Waals surface area contributed by atoms with Gasteiger partial charge in [0.1, 0.15) is 18.2 Å². The average molecular weight is 438 g/mol. The average Bonchev–Trinajstić information content (AvgIpc) is 3.26. The third-order valence-electron chi connectivity index (χ3n) is 4.65. The van der Waals surface area contributed by atoms with Gasteiger partial charge in [-0.2, -0.15) is 0 Å². The van der Waals surface area contributed by atoms with Crippen LogP contribution in [0.3, 0.4) is 0 Å². The van der Waals surface area contributed by atoms with Crippen molar-refractivity contribution in [2.75, 3.05) is 26.9 Å². The lowest BCUT2D eigenvalue weighted by Gasteiger charge is -2.15. The smallest absolute Gasteiger partial charge is 0.223 e. The van der Waals surface area contributed by atoms with E-state index < -0.39 is 5.82 Å². The Morgan fingerprint density at radius 1 is 1.20 bits per heavy atom. The highest BCUT2D eigenvalue weighted by atomic mass is 35.5. The van der Waals surface area contributed by atoms with Crippen LogP contribution < -0.4 is 19.5 Å². The van der Waals surface area contributed by atoms with Crippen LogP contribution in [0.5, 0.6) is 17.2 Å². The van der Waals surface area contributed by atoms with E-state index in [0.29, 0.717) is 30.4 Å². The highest BCUT2D eigenvalue weighted by Gasteiger charge is 2.17. The maximum atomic E-state index is 13.0. The molecule has 2 aromatic rings. The fourth-order valence-corrected chi connectivity index (χ4v) is 3.26. The summed E-state index contributed by atoms with van der Waals surface area (Å²) in [7, 11) is 1.58. The van der Waals surface area contributed by atoms with Crippen LogP contribution in [0.15, 0.2) is 36.4 Å². The van der Waals surface area contributed by atoms with Crippen molar-refractivity contribution in [1.82, 2.24) is 5.32 Å².